The molecule has 0 unspecified atom stereocenters. The lowest BCUT2D eigenvalue weighted by Gasteiger charge is -2.26. The Bertz CT molecular complexity index is 882. The number of benzene rings is 2. The second-order valence-electron chi connectivity index (χ2n) is 6.00. The van der Waals surface area contributed by atoms with E-state index in [1.807, 2.05) is 12.1 Å². The number of aryl methyl sites for hydroxylation is 1. The number of hydrogen-bond donors (Lipinski definition) is 1. The average Bonchev–Trinajstić information content (AvgIpc) is 2.66. The Morgan fingerprint density at radius 1 is 1.19 bits per heavy atom. The van der Waals surface area contributed by atoms with Crippen LogP contribution in [0.25, 0.3) is 0 Å². The number of ether oxygens (including phenoxy) is 1. The van der Waals surface area contributed by atoms with E-state index < -0.39 is 16.0 Å². The van der Waals surface area contributed by atoms with E-state index in [1.165, 1.54) is 12.1 Å². The van der Waals surface area contributed by atoms with Crippen molar-refractivity contribution in [3.05, 3.63) is 54.1 Å². The fraction of sp³-hybridized carbons (Fsp3) is 0.316. The lowest BCUT2D eigenvalue weighted by Crippen LogP contribution is -2.36. The molecule has 0 fully saturated rings. The molecule has 0 spiro atoms. The van der Waals surface area contributed by atoms with Crippen LogP contribution < -0.4 is 9.62 Å². The number of hydrogen-bond acceptors (Lipinski definition) is 5. The van der Waals surface area contributed by atoms with Gasteiger partial charge in [-0.1, -0.05) is 18.2 Å². The maximum absolute atomic E-state index is 13.1. The zero-order chi connectivity index (χ0) is 18.6. The first-order chi connectivity index (χ1) is 12.5. The number of nitrogens with one attached hydrogen (secondary N) is 1. The Hall–Kier alpha value is -2.54. The molecule has 1 aliphatic rings. The lowest BCUT2D eigenvalue weighted by atomic mass is 10.0. The van der Waals surface area contributed by atoms with Crippen LogP contribution in [0.1, 0.15) is 18.9 Å². The highest BCUT2D eigenvalue weighted by Gasteiger charge is 2.28. The Labute approximate surface area is 153 Å². The van der Waals surface area contributed by atoms with E-state index >= 15 is 0 Å². The molecule has 6 nitrogen and oxygen atoms in total. The zero-order valence-corrected chi connectivity index (χ0v) is 15.5. The summed E-state index contributed by atoms with van der Waals surface area (Å²) in [4.78, 5) is 12.2. The van der Waals surface area contributed by atoms with Gasteiger partial charge < -0.3 is 10.1 Å². The molecule has 3 rings (SSSR count). The van der Waals surface area contributed by atoms with Gasteiger partial charge in [0.2, 0.25) is 0 Å². The zero-order valence-electron chi connectivity index (χ0n) is 14.6. The van der Waals surface area contributed by atoms with Crippen LogP contribution >= 0.6 is 0 Å². The van der Waals surface area contributed by atoms with Crippen molar-refractivity contribution in [1.29, 1.82) is 0 Å². The number of rotatable bonds is 6. The Morgan fingerprint density at radius 2 is 1.96 bits per heavy atom. The summed E-state index contributed by atoms with van der Waals surface area (Å²) in [5, 5.41) is 3.30. The van der Waals surface area contributed by atoms with Crippen molar-refractivity contribution in [2.75, 3.05) is 29.3 Å². The molecule has 0 radical (unpaired) electrons. The lowest BCUT2D eigenvalue weighted by molar-refractivity contribution is -0.141. The van der Waals surface area contributed by atoms with E-state index in [2.05, 4.69) is 5.32 Å². The van der Waals surface area contributed by atoms with Gasteiger partial charge in [-0.25, -0.2) is 8.42 Å². The average molecular weight is 374 g/mol. The quantitative estimate of drug-likeness (QED) is 0.787. The van der Waals surface area contributed by atoms with E-state index in [-0.39, 0.29) is 18.0 Å². The van der Waals surface area contributed by atoms with Gasteiger partial charge in [0.05, 0.1) is 17.2 Å². The van der Waals surface area contributed by atoms with Crippen molar-refractivity contribution in [1.82, 2.24) is 0 Å². The topological polar surface area (TPSA) is 75.7 Å². The number of anilines is 2. The maximum atomic E-state index is 13.1. The van der Waals surface area contributed by atoms with Crippen LogP contribution in [0.4, 0.5) is 11.4 Å². The Balaban J connectivity index is 2.02. The molecule has 2 aromatic rings. The van der Waals surface area contributed by atoms with Gasteiger partial charge in [-0.3, -0.25) is 9.10 Å². The summed E-state index contributed by atoms with van der Waals surface area (Å²) in [6, 6.07) is 13.5. The minimum Gasteiger partial charge on any atom is -0.465 e. The normalized spacial score (nSPS) is 13.4. The molecule has 1 aliphatic heterocycles. The molecule has 0 aliphatic carbocycles. The van der Waals surface area contributed by atoms with Crippen LogP contribution in [0, 0.1) is 0 Å². The molecule has 0 atom stereocenters. The van der Waals surface area contributed by atoms with Crippen molar-refractivity contribution in [3.8, 4) is 0 Å². The molecular weight excluding hydrogens is 352 g/mol. The number of fused-ring (bicyclic) bond motifs is 1. The van der Waals surface area contributed by atoms with Gasteiger partial charge in [-0.2, -0.15) is 0 Å². The molecule has 0 bridgehead atoms. The fourth-order valence-electron chi connectivity index (χ4n) is 2.98. The first kappa shape index (κ1) is 18.3. The van der Waals surface area contributed by atoms with Gasteiger partial charge in [-0.05, 0) is 55.7 Å². The first-order valence-electron chi connectivity index (χ1n) is 8.62. The van der Waals surface area contributed by atoms with Gasteiger partial charge in [0.25, 0.3) is 10.0 Å². The predicted octanol–water partition coefficient (Wildman–Crippen LogP) is 2.80. The van der Waals surface area contributed by atoms with Crippen molar-refractivity contribution in [3.63, 3.8) is 0 Å². The van der Waals surface area contributed by atoms with Crippen molar-refractivity contribution in [2.45, 2.75) is 24.7 Å². The van der Waals surface area contributed by atoms with Gasteiger partial charge in [0, 0.05) is 12.2 Å². The first-order valence-corrected chi connectivity index (χ1v) is 10.1. The molecule has 0 saturated heterocycles. The molecule has 1 N–H and O–H groups in total. The maximum Gasteiger partial charge on any atom is 0.326 e. The number of nitrogens with zero attached hydrogens (tertiary/aromatic N) is 1. The Kier molecular flexibility index (Phi) is 5.46. The third kappa shape index (κ3) is 3.83. The van der Waals surface area contributed by atoms with Crippen molar-refractivity contribution >= 4 is 27.4 Å². The van der Waals surface area contributed by atoms with E-state index in [0.29, 0.717) is 5.69 Å². The van der Waals surface area contributed by atoms with E-state index in [0.717, 1.165) is 34.9 Å². The molecule has 26 heavy (non-hydrogen) atoms. The monoisotopic (exact) mass is 374 g/mol. The smallest absolute Gasteiger partial charge is 0.326 e. The molecule has 0 amide bonds. The van der Waals surface area contributed by atoms with E-state index in [9.17, 15) is 13.2 Å². The second-order valence-corrected chi connectivity index (χ2v) is 7.86. The highest BCUT2D eigenvalue weighted by molar-refractivity contribution is 7.92. The SMILES string of the molecule is CCOC(=O)CN(c1ccc2c(c1)CCCN2)S(=O)(=O)c1ccccc1. The number of carbonyl (C=O) groups excluding carboxylic acids is 1. The van der Waals surface area contributed by atoms with E-state index in [4.69, 9.17) is 4.74 Å². The van der Waals surface area contributed by atoms with Crippen LogP contribution in [0.3, 0.4) is 0 Å². The van der Waals surface area contributed by atoms with Crippen LogP contribution in [-0.2, 0) is 26.0 Å². The van der Waals surface area contributed by atoms with Gasteiger partial charge in [0.1, 0.15) is 6.54 Å². The summed E-state index contributed by atoms with van der Waals surface area (Å²) in [5.74, 6) is -0.581. The summed E-state index contributed by atoms with van der Waals surface area (Å²) in [7, 11) is -3.88. The third-order valence-electron chi connectivity index (χ3n) is 4.22. The molecular formula is C19H22N2O4S. The Morgan fingerprint density at radius 3 is 2.69 bits per heavy atom. The largest absolute Gasteiger partial charge is 0.465 e. The fourth-order valence-corrected chi connectivity index (χ4v) is 4.40. The second kappa shape index (κ2) is 7.78. The minimum atomic E-state index is -3.88. The molecule has 1 heterocycles. The van der Waals surface area contributed by atoms with Crippen LogP contribution in [0.2, 0.25) is 0 Å². The standard InChI is InChI=1S/C19H22N2O4S/c1-2-25-19(22)14-21(26(23,24)17-8-4-3-5-9-17)16-10-11-18-15(13-16)7-6-12-20-18/h3-5,8-11,13,20H,2,6-7,12,14H2,1H3. The van der Waals surface area contributed by atoms with Crippen molar-refractivity contribution in [2.24, 2.45) is 0 Å². The third-order valence-corrected chi connectivity index (χ3v) is 6.01. The van der Waals surface area contributed by atoms with Crippen molar-refractivity contribution < 1.29 is 17.9 Å². The van der Waals surface area contributed by atoms with Crippen LogP contribution in [0.15, 0.2) is 53.4 Å². The van der Waals surface area contributed by atoms with Gasteiger partial charge in [-0.15, -0.1) is 0 Å². The summed E-state index contributed by atoms with van der Waals surface area (Å²) in [6.45, 7) is 2.43. The molecule has 138 valence electrons. The summed E-state index contributed by atoms with van der Waals surface area (Å²) in [6.07, 6.45) is 1.86. The molecule has 0 saturated carbocycles. The van der Waals surface area contributed by atoms with Crippen LogP contribution in [-0.4, -0.2) is 34.1 Å². The minimum absolute atomic E-state index is 0.139. The highest BCUT2D eigenvalue weighted by Crippen LogP contribution is 2.30. The number of carbonyl (C=O) groups is 1. The van der Waals surface area contributed by atoms with Crippen LogP contribution in [0.5, 0.6) is 0 Å². The molecule has 0 aromatic heterocycles. The molecule has 2 aromatic carbocycles. The number of esters is 1. The van der Waals surface area contributed by atoms with E-state index in [1.54, 1.807) is 31.2 Å². The predicted molar refractivity (Wildman–Crippen MR) is 101 cm³/mol. The highest BCUT2D eigenvalue weighted by atomic mass is 32.2. The summed E-state index contributed by atoms with van der Waals surface area (Å²) < 4.78 is 32.4. The number of sulfonamides is 1. The summed E-state index contributed by atoms with van der Waals surface area (Å²) in [5.41, 5.74) is 2.52. The summed E-state index contributed by atoms with van der Waals surface area (Å²) >= 11 is 0. The van der Waals surface area contributed by atoms with Gasteiger partial charge in [0.15, 0.2) is 0 Å². The molecule has 7 heteroatoms. The van der Waals surface area contributed by atoms with Gasteiger partial charge >= 0.3 is 5.97 Å².